The summed E-state index contributed by atoms with van der Waals surface area (Å²) in [5.74, 6) is 0. The van der Waals surface area contributed by atoms with Gasteiger partial charge in [0, 0.05) is 0 Å². The first-order valence-corrected chi connectivity index (χ1v) is 13.4. The van der Waals surface area contributed by atoms with Crippen molar-refractivity contribution in [1.82, 2.24) is 0 Å². The zero-order valence-electron chi connectivity index (χ0n) is 10.5. The normalized spacial score (nSPS) is 15.7. The lowest BCUT2D eigenvalue weighted by Gasteiger charge is -2.18. The third-order valence-corrected chi connectivity index (χ3v) is 8.34. The van der Waals surface area contributed by atoms with Crippen LogP contribution in [0.2, 0.25) is 44.8 Å². The average molecular weight is 262 g/mol. The molecule has 0 saturated heterocycles. The summed E-state index contributed by atoms with van der Waals surface area (Å²) >= 11 is 0. The molecule has 0 saturated carbocycles. The number of rotatable bonds is 5. The molecule has 0 radical (unpaired) electrons. The maximum atomic E-state index is 11.7. The van der Waals surface area contributed by atoms with Crippen LogP contribution in [0.1, 0.15) is 0 Å². The van der Waals surface area contributed by atoms with Gasteiger partial charge in [-0.25, -0.2) is 4.21 Å². The van der Waals surface area contributed by atoms with Crippen LogP contribution in [0.4, 0.5) is 0 Å². The van der Waals surface area contributed by atoms with E-state index in [-0.39, 0.29) is 5.54 Å². The lowest BCUT2D eigenvalue weighted by Crippen LogP contribution is -2.29. The van der Waals surface area contributed by atoms with Crippen LogP contribution in [0, 0.1) is 11.3 Å². The predicted molar refractivity (Wildman–Crippen MR) is 69.6 cm³/mol. The molecule has 0 aliphatic carbocycles. The smallest absolute Gasteiger partial charge is 0.202 e. The van der Waals surface area contributed by atoms with E-state index in [4.69, 9.17) is 9.47 Å². The summed E-state index contributed by atoms with van der Waals surface area (Å²) in [4.78, 5) is 0. The molecule has 0 amide bonds. The van der Waals surface area contributed by atoms with Crippen LogP contribution in [0.25, 0.3) is 0 Å². The number of hydrogen-bond acceptors (Lipinski definition) is 3. The van der Waals surface area contributed by atoms with Gasteiger partial charge < -0.3 is 0 Å². The molecule has 15 heavy (non-hydrogen) atoms. The van der Waals surface area contributed by atoms with Crippen molar-refractivity contribution in [3.63, 3.8) is 0 Å². The minimum absolute atomic E-state index is 0.0718. The molecule has 0 aliphatic heterocycles. The first-order valence-electron chi connectivity index (χ1n) is 5.09. The summed E-state index contributed by atoms with van der Waals surface area (Å²) in [6.07, 6.45) is 0.409. The third-order valence-electron chi connectivity index (χ3n) is 1.91. The fourth-order valence-electron chi connectivity index (χ4n) is 1.00. The lowest BCUT2D eigenvalue weighted by molar-refractivity contribution is 0.504. The lowest BCUT2D eigenvalue weighted by atomic mass is 10.5. The summed E-state index contributed by atoms with van der Waals surface area (Å²) in [7, 11) is -4.93. The van der Waals surface area contributed by atoms with Crippen molar-refractivity contribution in [2.45, 2.75) is 44.8 Å². The van der Waals surface area contributed by atoms with Crippen molar-refractivity contribution in [3.05, 3.63) is 0 Å². The molecule has 0 spiro atoms. The second kappa shape index (κ2) is 5.35. The standard InChI is InChI=1S/C9H21NO2PSi2/c1-14(2,3)9(7-10)8-13(11)12-15(4,5)6/h9H,8H2,1-6H3/q+1. The van der Waals surface area contributed by atoms with Gasteiger partial charge in [0.2, 0.25) is 0 Å². The van der Waals surface area contributed by atoms with Crippen molar-refractivity contribution in [2.75, 3.05) is 6.16 Å². The zero-order chi connectivity index (χ0) is 12.3. The Morgan fingerprint density at radius 3 is 2.00 bits per heavy atom. The maximum absolute atomic E-state index is 11.7. The van der Waals surface area contributed by atoms with Crippen LogP contribution in [0.15, 0.2) is 0 Å². The van der Waals surface area contributed by atoms with Crippen molar-refractivity contribution >= 4 is 24.4 Å². The Hall–Kier alpha value is -0.0162. The third kappa shape index (κ3) is 6.96. The quantitative estimate of drug-likeness (QED) is 0.559. The molecule has 2 atom stereocenters. The van der Waals surface area contributed by atoms with Gasteiger partial charge in [-0.15, -0.1) is 0 Å². The molecule has 86 valence electrons. The second-order valence-corrected chi connectivity index (χ2v) is 17.2. The highest BCUT2D eigenvalue weighted by Crippen LogP contribution is 2.36. The largest absolute Gasteiger partial charge is 0.497 e. The molecule has 0 aromatic rings. The first kappa shape index (κ1) is 15.0. The molecule has 0 aromatic carbocycles. The summed E-state index contributed by atoms with van der Waals surface area (Å²) in [6.45, 7) is 12.4. The molecule has 0 heterocycles. The average Bonchev–Trinajstić information content (AvgIpc) is 1.94. The number of nitrogens with zero attached hydrogens (tertiary/aromatic N) is 1. The van der Waals surface area contributed by atoms with Crippen LogP contribution >= 0.6 is 8.03 Å². The highest BCUT2D eigenvalue weighted by Gasteiger charge is 2.38. The van der Waals surface area contributed by atoms with Gasteiger partial charge in [-0.05, 0) is 24.2 Å². The highest BCUT2D eigenvalue weighted by molar-refractivity contribution is 7.41. The summed E-state index contributed by atoms with van der Waals surface area (Å²) in [6, 6.07) is 2.27. The number of hydrogen-bond donors (Lipinski definition) is 0. The van der Waals surface area contributed by atoms with Crippen LogP contribution < -0.4 is 0 Å². The van der Waals surface area contributed by atoms with Crippen LogP contribution in [0.3, 0.4) is 0 Å². The minimum atomic E-state index is -1.74. The molecular formula is C9H21NO2PSi2+. The Balaban J connectivity index is 4.36. The predicted octanol–water partition coefficient (Wildman–Crippen LogP) is 3.81. The van der Waals surface area contributed by atoms with Gasteiger partial charge in [-0.3, -0.25) is 0 Å². The van der Waals surface area contributed by atoms with Gasteiger partial charge in [0.25, 0.3) is 8.32 Å². The molecule has 0 bridgehead atoms. The first-order chi connectivity index (χ1) is 6.56. The van der Waals surface area contributed by atoms with E-state index in [0.29, 0.717) is 6.16 Å². The summed E-state index contributed by atoms with van der Waals surface area (Å²) in [5.41, 5.74) is -0.0718. The second-order valence-electron chi connectivity index (χ2n) is 5.77. The maximum Gasteiger partial charge on any atom is 0.497 e. The Bertz CT molecular complexity index is 275. The van der Waals surface area contributed by atoms with Gasteiger partial charge in [0.05, 0.1) is 19.7 Å². The Labute approximate surface area is 95.8 Å². The van der Waals surface area contributed by atoms with Crippen molar-refractivity contribution in [1.29, 1.82) is 5.26 Å². The summed E-state index contributed by atoms with van der Waals surface area (Å²) in [5, 5.41) is 9.02. The SMILES string of the molecule is C[Si](C)(C)O[P+](=O)CC(C#N)[Si](C)(C)C. The molecule has 0 rings (SSSR count). The molecule has 3 nitrogen and oxygen atoms in total. The number of nitriles is 1. The van der Waals surface area contributed by atoms with Crippen molar-refractivity contribution in [2.24, 2.45) is 0 Å². The molecule has 0 aromatic heterocycles. The molecule has 0 fully saturated rings. The van der Waals surface area contributed by atoms with Crippen molar-refractivity contribution < 1.29 is 8.78 Å². The molecule has 2 unspecified atom stereocenters. The molecule has 0 aliphatic rings. The van der Waals surface area contributed by atoms with E-state index in [1.54, 1.807) is 0 Å². The van der Waals surface area contributed by atoms with Crippen LogP contribution in [-0.2, 0) is 8.78 Å². The van der Waals surface area contributed by atoms with E-state index < -0.39 is 24.4 Å². The Morgan fingerprint density at radius 2 is 1.73 bits per heavy atom. The van der Waals surface area contributed by atoms with Crippen LogP contribution in [-0.4, -0.2) is 22.6 Å². The van der Waals surface area contributed by atoms with E-state index in [2.05, 4.69) is 25.7 Å². The van der Waals surface area contributed by atoms with Gasteiger partial charge in [-0.2, -0.15) is 5.26 Å². The fourth-order valence-corrected chi connectivity index (χ4v) is 7.15. The van der Waals surface area contributed by atoms with E-state index in [0.717, 1.165) is 0 Å². The summed E-state index contributed by atoms with van der Waals surface area (Å²) < 4.78 is 17.2. The van der Waals surface area contributed by atoms with Crippen LogP contribution in [0.5, 0.6) is 0 Å². The van der Waals surface area contributed by atoms with Gasteiger partial charge in [0.1, 0.15) is 0 Å². The van der Waals surface area contributed by atoms with E-state index in [9.17, 15) is 4.57 Å². The molecular weight excluding hydrogens is 241 g/mol. The molecule has 0 N–H and O–H groups in total. The molecule has 6 heteroatoms. The Kier molecular flexibility index (Phi) is 5.35. The Morgan fingerprint density at radius 1 is 1.27 bits per heavy atom. The monoisotopic (exact) mass is 262 g/mol. The minimum Gasteiger partial charge on any atom is -0.202 e. The van der Waals surface area contributed by atoms with E-state index >= 15 is 0 Å². The highest BCUT2D eigenvalue weighted by atomic mass is 31.1. The van der Waals surface area contributed by atoms with Gasteiger partial charge >= 0.3 is 8.03 Å². The van der Waals surface area contributed by atoms with E-state index in [1.165, 1.54) is 0 Å². The topological polar surface area (TPSA) is 50.1 Å². The van der Waals surface area contributed by atoms with Gasteiger partial charge in [-0.1, -0.05) is 19.6 Å². The van der Waals surface area contributed by atoms with Crippen molar-refractivity contribution in [3.8, 4) is 6.07 Å². The fraction of sp³-hybridized carbons (Fsp3) is 0.889. The zero-order valence-corrected chi connectivity index (χ0v) is 13.4. The van der Waals surface area contributed by atoms with Gasteiger partial charge in [0.15, 0.2) is 6.16 Å². The van der Waals surface area contributed by atoms with E-state index in [1.807, 2.05) is 19.6 Å².